The molecule has 1 aromatic heterocycles. The normalized spacial score (nSPS) is 23.1. The van der Waals surface area contributed by atoms with E-state index in [0.29, 0.717) is 23.0 Å². The van der Waals surface area contributed by atoms with Crippen molar-refractivity contribution in [2.45, 2.75) is 65.3 Å². The van der Waals surface area contributed by atoms with Crippen LogP contribution < -0.4 is 4.90 Å². The maximum absolute atomic E-state index is 6.30. The van der Waals surface area contributed by atoms with Crippen molar-refractivity contribution in [3.8, 4) is 0 Å². The van der Waals surface area contributed by atoms with E-state index in [4.69, 9.17) is 16.6 Å². The van der Waals surface area contributed by atoms with E-state index in [1.54, 1.807) is 0 Å². The van der Waals surface area contributed by atoms with Crippen LogP contribution >= 0.6 is 11.6 Å². The Morgan fingerprint density at radius 1 is 1.20 bits per heavy atom. The maximum atomic E-state index is 6.30. The second-order valence-corrected chi connectivity index (χ2v) is 6.77. The fourth-order valence-electron chi connectivity index (χ4n) is 3.12. The number of hydrogen-bond donors (Lipinski definition) is 0. The van der Waals surface area contributed by atoms with Crippen LogP contribution in [-0.2, 0) is 0 Å². The van der Waals surface area contributed by atoms with E-state index < -0.39 is 0 Å². The van der Waals surface area contributed by atoms with E-state index in [0.717, 1.165) is 17.2 Å². The second kappa shape index (κ2) is 6.30. The van der Waals surface area contributed by atoms with E-state index in [2.05, 4.69) is 37.7 Å². The number of halogens is 1. The molecule has 0 amide bonds. The average Bonchev–Trinajstić information content (AvgIpc) is 2.41. The molecular formula is C16H26ClN3. The molecule has 0 radical (unpaired) electrons. The molecule has 0 aliphatic heterocycles. The SMILES string of the molecule is Cc1c(Cl)nc(C(C)C)nc1N(C)C1CCCCC1C. The third-order valence-corrected chi connectivity index (χ3v) is 4.86. The number of nitrogens with zero attached hydrogens (tertiary/aromatic N) is 3. The van der Waals surface area contributed by atoms with Crippen molar-refractivity contribution in [2.75, 3.05) is 11.9 Å². The summed E-state index contributed by atoms with van der Waals surface area (Å²) in [6, 6.07) is 0.563. The summed E-state index contributed by atoms with van der Waals surface area (Å²) in [6.07, 6.45) is 5.22. The van der Waals surface area contributed by atoms with Gasteiger partial charge >= 0.3 is 0 Å². The molecule has 4 heteroatoms. The third-order valence-electron chi connectivity index (χ3n) is 4.49. The highest BCUT2D eigenvalue weighted by molar-refractivity contribution is 6.30. The fraction of sp³-hybridized carbons (Fsp3) is 0.750. The molecule has 1 fully saturated rings. The van der Waals surface area contributed by atoms with Gasteiger partial charge in [-0.1, -0.05) is 45.2 Å². The van der Waals surface area contributed by atoms with Gasteiger partial charge < -0.3 is 4.90 Å². The van der Waals surface area contributed by atoms with Crippen molar-refractivity contribution < 1.29 is 0 Å². The Bertz CT molecular complexity index is 473. The van der Waals surface area contributed by atoms with E-state index >= 15 is 0 Å². The van der Waals surface area contributed by atoms with Crippen molar-refractivity contribution in [3.63, 3.8) is 0 Å². The lowest BCUT2D eigenvalue weighted by Gasteiger charge is -2.37. The molecule has 2 atom stereocenters. The smallest absolute Gasteiger partial charge is 0.137 e. The number of anilines is 1. The molecule has 0 aromatic carbocycles. The predicted molar refractivity (Wildman–Crippen MR) is 85.7 cm³/mol. The highest BCUT2D eigenvalue weighted by atomic mass is 35.5. The van der Waals surface area contributed by atoms with Crippen LogP contribution in [0.1, 0.15) is 63.8 Å². The predicted octanol–water partition coefficient (Wildman–Crippen LogP) is 4.58. The van der Waals surface area contributed by atoms with Crippen LogP contribution in [0.3, 0.4) is 0 Å². The van der Waals surface area contributed by atoms with Gasteiger partial charge in [-0.2, -0.15) is 0 Å². The summed E-state index contributed by atoms with van der Waals surface area (Å²) in [5.74, 6) is 2.85. The van der Waals surface area contributed by atoms with Gasteiger partial charge in [-0.3, -0.25) is 0 Å². The minimum absolute atomic E-state index is 0.295. The largest absolute Gasteiger partial charge is 0.356 e. The Balaban J connectivity index is 2.35. The molecule has 0 N–H and O–H groups in total. The lowest BCUT2D eigenvalue weighted by atomic mass is 9.85. The Kier molecular flexibility index (Phi) is 4.90. The minimum atomic E-state index is 0.295. The van der Waals surface area contributed by atoms with Gasteiger partial charge in [0, 0.05) is 24.6 Å². The molecule has 20 heavy (non-hydrogen) atoms. The summed E-state index contributed by atoms with van der Waals surface area (Å²) in [7, 11) is 2.16. The van der Waals surface area contributed by atoms with Crippen LogP contribution in [0.5, 0.6) is 0 Å². The van der Waals surface area contributed by atoms with Gasteiger partial charge in [-0.15, -0.1) is 0 Å². The Morgan fingerprint density at radius 2 is 1.85 bits per heavy atom. The zero-order chi connectivity index (χ0) is 14.9. The minimum Gasteiger partial charge on any atom is -0.356 e. The molecule has 2 unspecified atom stereocenters. The number of aromatic nitrogens is 2. The second-order valence-electron chi connectivity index (χ2n) is 6.42. The molecular weight excluding hydrogens is 270 g/mol. The Hall–Kier alpha value is -0.830. The average molecular weight is 296 g/mol. The zero-order valence-electron chi connectivity index (χ0n) is 13.3. The summed E-state index contributed by atoms with van der Waals surface area (Å²) in [5.41, 5.74) is 0.997. The molecule has 2 rings (SSSR count). The lowest BCUT2D eigenvalue weighted by Crippen LogP contribution is -2.40. The van der Waals surface area contributed by atoms with Crippen molar-refractivity contribution in [3.05, 3.63) is 16.5 Å². The van der Waals surface area contributed by atoms with Gasteiger partial charge in [0.25, 0.3) is 0 Å². The van der Waals surface area contributed by atoms with E-state index in [1.165, 1.54) is 25.7 Å². The van der Waals surface area contributed by atoms with Gasteiger partial charge in [-0.25, -0.2) is 9.97 Å². The zero-order valence-corrected chi connectivity index (χ0v) is 14.0. The molecule has 0 spiro atoms. The van der Waals surface area contributed by atoms with Crippen LogP contribution in [0.4, 0.5) is 5.82 Å². The quantitative estimate of drug-likeness (QED) is 0.765. The molecule has 1 aromatic rings. The third kappa shape index (κ3) is 3.08. The van der Waals surface area contributed by atoms with Crippen molar-refractivity contribution >= 4 is 17.4 Å². The van der Waals surface area contributed by atoms with Gasteiger partial charge in [0.1, 0.15) is 16.8 Å². The van der Waals surface area contributed by atoms with Gasteiger partial charge in [-0.05, 0) is 25.7 Å². The Morgan fingerprint density at radius 3 is 2.45 bits per heavy atom. The number of rotatable bonds is 3. The summed E-state index contributed by atoms with van der Waals surface area (Å²) < 4.78 is 0. The molecule has 3 nitrogen and oxygen atoms in total. The molecule has 1 heterocycles. The topological polar surface area (TPSA) is 29.0 Å². The molecule has 0 bridgehead atoms. The summed E-state index contributed by atoms with van der Waals surface area (Å²) in [6.45, 7) is 8.58. The summed E-state index contributed by atoms with van der Waals surface area (Å²) >= 11 is 6.30. The molecule has 0 saturated heterocycles. The molecule has 112 valence electrons. The van der Waals surface area contributed by atoms with Crippen molar-refractivity contribution in [1.29, 1.82) is 0 Å². The van der Waals surface area contributed by atoms with Crippen LogP contribution in [0.2, 0.25) is 5.15 Å². The Labute approximate surface area is 127 Å². The van der Waals surface area contributed by atoms with Gasteiger partial charge in [0.2, 0.25) is 0 Å². The summed E-state index contributed by atoms with van der Waals surface area (Å²) in [4.78, 5) is 11.5. The molecule has 1 saturated carbocycles. The van der Waals surface area contributed by atoms with Crippen molar-refractivity contribution in [1.82, 2.24) is 9.97 Å². The first-order valence-corrected chi connectivity index (χ1v) is 8.06. The first kappa shape index (κ1) is 15.6. The van der Waals surface area contributed by atoms with E-state index in [9.17, 15) is 0 Å². The molecule has 1 aliphatic carbocycles. The van der Waals surface area contributed by atoms with E-state index in [-0.39, 0.29) is 0 Å². The van der Waals surface area contributed by atoms with Crippen LogP contribution in [0.25, 0.3) is 0 Å². The van der Waals surface area contributed by atoms with Gasteiger partial charge in [0.05, 0.1) is 0 Å². The number of hydrogen-bond acceptors (Lipinski definition) is 3. The highest BCUT2D eigenvalue weighted by Gasteiger charge is 2.27. The standard InChI is InChI=1S/C16H26ClN3/c1-10(2)15-18-14(17)12(4)16(19-15)20(5)13-9-7-6-8-11(13)3/h10-11,13H,6-9H2,1-5H3. The van der Waals surface area contributed by atoms with Crippen LogP contribution in [0, 0.1) is 12.8 Å². The maximum Gasteiger partial charge on any atom is 0.137 e. The lowest BCUT2D eigenvalue weighted by molar-refractivity contribution is 0.320. The summed E-state index contributed by atoms with van der Waals surface area (Å²) in [5, 5.41) is 0.592. The van der Waals surface area contributed by atoms with Crippen LogP contribution in [-0.4, -0.2) is 23.1 Å². The van der Waals surface area contributed by atoms with E-state index in [1.807, 2.05) is 6.92 Å². The first-order chi connectivity index (χ1) is 9.41. The molecule has 1 aliphatic rings. The van der Waals surface area contributed by atoms with Crippen LogP contribution in [0.15, 0.2) is 0 Å². The van der Waals surface area contributed by atoms with Crippen molar-refractivity contribution in [2.24, 2.45) is 5.92 Å². The highest BCUT2D eigenvalue weighted by Crippen LogP contribution is 2.33. The fourth-order valence-corrected chi connectivity index (χ4v) is 3.30. The monoisotopic (exact) mass is 295 g/mol. The first-order valence-electron chi connectivity index (χ1n) is 7.68. The van der Waals surface area contributed by atoms with Gasteiger partial charge in [0.15, 0.2) is 0 Å².